The summed E-state index contributed by atoms with van der Waals surface area (Å²) in [6, 6.07) is 0. The maximum atomic E-state index is 6.38. The molecule has 2 nitrogen and oxygen atoms in total. The Morgan fingerprint density at radius 1 is 1.18 bits per heavy atom. The molecular weight excluding hydrogens is 228 g/mol. The van der Waals surface area contributed by atoms with E-state index in [9.17, 15) is 0 Å². The van der Waals surface area contributed by atoms with Crippen LogP contribution in [0.5, 0.6) is 0 Å². The number of ether oxygens (including phenoxy) is 1. The van der Waals surface area contributed by atoms with Crippen molar-refractivity contribution in [2.75, 3.05) is 6.61 Å². The Morgan fingerprint density at radius 3 is 2.41 bits per heavy atom. The van der Waals surface area contributed by atoms with Gasteiger partial charge in [-0.25, -0.2) is 0 Å². The van der Waals surface area contributed by atoms with Crippen LogP contribution < -0.4 is 0 Å². The third-order valence-electron chi connectivity index (χ3n) is 5.70. The normalized spacial score (nSPS) is 43.9. The van der Waals surface area contributed by atoms with E-state index in [1.54, 1.807) is 0 Å². The third-order valence-corrected chi connectivity index (χ3v) is 10.2. The molecule has 0 aromatic heterocycles. The molecule has 3 fully saturated rings. The Kier molecular flexibility index (Phi) is 2.57. The first-order chi connectivity index (χ1) is 7.79. The monoisotopic (exact) mass is 254 g/mol. The maximum absolute atomic E-state index is 6.38. The predicted octanol–water partition coefficient (Wildman–Crippen LogP) is 3.43. The second kappa shape index (κ2) is 3.58. The molecule has 0 unspecified atom stereocenters. The molecule has 2 saturated carbocycles. The van der Waals surface area contributed by atoms with Crippen LogP contribution in [-0.4, -0.2) is 27.1 Å². The minimum absolute atomic E-state index is 0.337. The van der Waals surface area contributed by atoms with Gasteiger partial charge in [0, 0.05) is 6.61 Å². The Hall–Kier alpha value is 0.137. The smallest absolute Gasteiger partial charge is 0.191 e. The van der Waals surface area contributed by atoms with E-state index in [0.717, 1.165) is 24.4 Å². The highest BCUT2D eigenvalue weighted by Gasteiger charge is 2.63. The van der Waals surface area contributed by atoms with Crippen molar-refractivity contribution in [1.29, 1.82) is 0 Å². The average molecular weight is 254 g/mol. The zero-order chi connectivity index (χ0) is 12.4. The van der Waals surface area contributed by atoms with Crippen molar-refractivity contribution in [1.82, 2.24) is 0 Å². The summed E-state index contributed by atoms with van der Waals surface area (Å²) in [6.07, 6.45) is 4.06. The van der Waals surface area contributed by atoms with Gasteiger partial charge in [0.2, 0.25) is 0 Å². The predicted molar refractivity (Wildman–Crippen MR) is 71.5 cm³/mol. The topological polar surface area (TPSA) is 21.8 Å². The van der Waals surface area contributed by atoms with Gasteiger partial charge in [0.1, 0.15) is 0 Å². The average Bonchev–Trinajstić information content (AvgIpc) is 2.81. The second-order valence-electron chi connectivity index (χ2n) is 7.79. The molecule has 3 aliphatic rings. The van der Waals surface area contributed by atoms with Gasteiger partial charge in [-0.1, -0.05) is 20.8 Å². The lowest BCUT2D eigenvalue weighted by Crippen LogP contribution is -2.42. The van der Waals surface area contributed by atoms with Crippen LogP contribution >= 0.6 is 0 Å². The summed E-state index contributed by atoms with van der Waals surface area (Å²) < 4.78 is 12.1. The van der Waals surface area contributed by atoms with Crippen LogP contribution in [0.25, 0.3) is 0 Å². The maximum Gasteiger partial charge on any atom is 0.191 e. The van der Waals surface area contributed by atoms with E-state index in [1.165, 1.54) is 12.8 Å². The molecule has 1 heterocycles. The highest BCUT2D eigenvalue weighted by molar-refractivity contribution is 6.74. The standard InChI is InChI=1S/C14H26O2Si/c1-14(2,3)17(4,5)15-8-10-6-9-7-11(10)13-12(9)16-13/h9-13H,6-8H2,1-5H3/t9-,10+,11+,12+,13-/m0/s1. The highest BCUT2D eigenvalue weighted by Crippen LogP contribution is 2.59. The molecular formula is C14H26O2Si. The number of epoxide rings is 1. The van der Waals surface area contributed by atoms with Gasteiger partial charge in [0.15, 0.2) is 8.32 Å². The van der Waals surface area contributed by atoms with Crippen molar-refractivity contribution < 1.29 is 9.16 Å². The molecule has 0 N–H and O–H groups in total. The number of rotatable bonds is 3. The molecule has 2 aliphatic carbocycles. The summed E-state index contributed by atoms with van der Waals surface area (Å²) in [6.45, 7) is 12.7. The molecule has 3 heteroatoms. The molecule has 0 radical (unpaired) electrons. The van der Waals surface area contributed by atoms with Crippen LogP contribution in [0.4, 0.5) is 0 Å². The first-order valence-corrected chi connectivity index (χ1v) is 10.00. The van der Waals surface area contributed by atoms with Crippen molar-refractivity contribution in [2.24, 2.45) is 17.8 Å². The van der Waals surface area contributed by atoms with Crippen LogP contribution in [0.3, 0.4) is 0 Å². The van der Waals surface area contributed by atoms with Crippen molar-refractivity contribution >= 4 is 8.32 Å². The lowest BCUT2D eigenvalue weighted by Gasteiger charge is -2.37. The fourth-order valence-corrected chi connectivity index (χ4v) is 4.52. The van der Waals surface area contributed by atoms with E-state index in [4.69, 9.17) is 9.16 Å². The van der Waals surface area contributed by atoms with Crippen molar-refractivity contribution in [3.63, 3.8) is 0 Å². The lowest BCUT2D eigenvalue weighted by molar-refractivity contribution is 0.177. The SMILES string of the molecule is CC(C)(C)[Si](C)(C)OC[C@H]1C[C@H]2C[C@H]1[C@@H]1O[C@H]21. The van der Waals surface area contributed by atoms with Gasteiger partial charge in [-0.3, -0.25) is 0 Å². The molecule has 0 aromatic carbocycles. The van der Waals surface area contributed by atoms with E-state index in [1.807, 2.05) is 0 Å². The fourth-order valence-electron chi connectivity index (χ4n) is 3.46. The summed E-state index contributed by atoms with van der Waals surface area (Å²) in [7, 11) is -1.55. The van der Waals surface area contributed by atoms with Gasteiger partial charge in [-0.15, -0.1) is 0 Å². The first kappa shape index (κ1) is 12.2. The summed E-state index contributed by atoms with van der Waals surface area (Å²) in [5.41, 5.74) is 0. The molecule has 17 heavy (non-hydrogen) atoms. The molecule has 3 rings (SSSR count). The van der Waals surface area contributed by atoms with Crippen LogP contribution in [-0.2, 0) is 9.16 Å². The first-order valence-electron chi connectivity index (χ1n) is 7.09. The van der Waals surface area contributed by atoms with E-state index in [-0.39, 0.29) is 0 Å². The molecule has 1 saturated heterocycles. The highest BCUT2D eigenvalue weighted by atomic mass is 28.4. The molecule has 2 bridgehead atoms. The molecule has 1 aliphatic heterocycles. The van der Waals surface area contributed by atoms with E-state index in [0.29, 0.717) is 17.2 Å². The Morgan fingerprint density at radius 2 is 1.88 bits per heavy atom. The van der Waals surface area contributed by atoms with E-state index in [2.05, 4.69) is 33.9 Å². The quantitative estimate of drug-likeness (QED) is 0.568. The zero-order valence-electron chi connectivity index (χ0n) is 11.8. The van der Waals surface area contributed by atoms with Gasteiger partial charge < -0.3 is 9.16 Å². The van der Waals surface area contributed by atoms with Crippen molar-refractivity contribution in [3.8, 4) is 0 Å². The van der Waals surface area contributed by atoms with Gasteiger partial charge in [-0.2, -0.15) is 0 Å². The van der Waals surface area contributed by atoms with Gasteiger partial charge in [0.25, 0.3) is 0 Å². The number of hydrogen-bond acceptors (Lipinski definition) is 2. The minimum Gasteiger partial charge on any atom is -0.417 e. The fraction of sp³-hybridized carbons (Fsp3) is 1.00. The second-order valence-corrected chi connectivity index (χ2v) is 12.6. The van der Waals surface area contributed by atoms with Crippen LogP contribution in [0.2, 0.25) is 18.1 Å². The van der Waals surface area contributed by atoms with E-state index < -0.39 is 8.32 Å². The lowest BCUT2D eigenvalue weighted by atomic mass is 9.90. The van der Waals surface area contributed by atoms with Gasteiger partial charge >= 0.3 is 0 Å². The minimum atomic E-state index is -1.55. The van der Waals surface area contributed by atoms with Crippen LogP contribution in [0.1, 0.15) is 33.6 Å². The molecule has 5 atom stereocenters. The zero-order valence-corrected chi connectivity index (χ0v) is 12.8. The van der Waals surface area contributed by atoms with Crippen molar-refractivity contribution in [3.05, 3.63) is 0 Å². The summed E-state index contributed by atoms with van der Waals surface area (Å²) >= 11 is 0. The summed E-state index contributed by atoms with van der Waals surface area (Å²) in [4.78, 5) is 0. The van der Waals surface area contributed by atoms with Gasteiger partial charge in [-0.05, 0) is 48.7 Å². The van der Waals surface area contributed by atoms with Crippen LogP contribution in [0, 0.1) is 17.8 Å². The summed E-state index contributed by atoms with van der Waals surface area (Å²) in [5, 5.41) is 0.337. The van der Waals surface area contributed by atoms with Crippen LogP contribution in [0.15, 0.2) is 0 Å². The van der Waals surface area contributed by atoms with Gasteiger partial charge in [0.05, 0.1) is 12.2 Å². The molecule has 0 spiro atoms. The summed E-state index contributed by atoms with van der Waals surface area (Å²) in [5.74, 6) is 2.49. The van der Waals surface area contributed by atoms with Crippen molar-refractivity contribution in [2.45, 2.75) is 64.0 Å². The largest absolute Gasteiger partial charge is 0.417 e. The molecule has 0 amide bonds. The number of fused-ring (bicyclic) bond motifs is 5. The molecule has 98 valence electrons. The Balaban J connectivity index is 1.55. The Labute approximate surface area is 106 Å². The number of hydrogen-bond donors (Lipinski definition) is 0. The molecule has 0 aromatic rings. The Bertz CT molecular complexity index is 321. The van der Waals surface area contributed by atoms with E-state index >= 15 is 0 Å². The third kappa shape index (κ3) is 1.91.